The highest BCUT2D eigenvalue weighted by atomic mass is 16.5. The van der Waals surface area contributed by atoms with Crippen molar-refractivity contribution >= 4 is 11.0 Å². The fourth-order valence-corrected chi connectivity index (χ4v) is 1.78. The second-order valence-corrected chi connectivity index (χ2v) is 5.20. The molecular weight excluding hydrogens is 254 g/mol. The zero-order valence-electron chi connectivity index (χ0n) is 11.6. The normalized spacial score (nSPS) is 11.9. The molecule has 0 radical (unpaired) electrons. The van der Waals surface area contributed by atoms with Gasteiger partial charge in [-0.05, 0) is 31.9 Å². The SMILES string of the molecule is [C-]#[N+]/C=C\Cc1c[nH]c2ncc(OCC(C)(C)O)cc12. The zero-order chi connectivity index (χ0) is 14.6. The second kappa shape index (κ2) is 5.76. The molecule has 0 fully saturated rings. The summed E-state index contributed by atoms with van der Waals surface area (Å²) < 4.78 is 5.54. The van der Waals surface area contributed by atoms with Crippen LogP contribution in [0.25, 0.3) is 15.9 Å². The number of nitrogens with one attached hydrogen (secondary N) is 1. The minimum absolute atomic E-state index is 0.206. The van der Waals surface area contributed by atoms with E-state index in [1.54, 1.807) is 26.1 Å². The smallest absolute Gasteiger partial charge is 0.150 e. The molecule has 0 aliphatic carbocycles. The molecule has 2 N–H and O–H groups in total. The van der Waals surface area contributed by atoms with Crippen LogP contribution in [-0.2, 0) is 6.42 Å². The van der Waals surface area contributed by atoms with Crippen LogP contribution in [0.5, 0.6) is 5.75 Å². The number of ether oxygens (including phenoxy) is 1. The number of rotatable bonds is 5. The number of aromatic amines is 1. The van der Waals surface area contributed by atoms with E-state index in [0.717, 1.165) is 16.6 Å². The summed E-state index contributed by atoms with van der Waals surface area (Å²) in [6.07, 6.45) is 7.43. The number of hydrogen-bond donors (Lipinski definition) is 2. The van der Waals surface area contributed by atoms with Gasteiger partial charge in [-0.3, -0.25) is 0 Å². The highest BCUT2D eigenvalue weighted by Gasteiger charge is 2.14. The van der Waals surface area contributed by atoms with E-state index < -0.39 is 5.60 Å². The number of aliphatic hydroxyl groups is 1. The van der Waals surface area contributed by atoms with E-state index in [-0.39, 0.29) is 6.61 Å². The van der Waals surface area contributed by atoms with Crippen molar-refractivity contribution in [1.29, 1.82) is 0 Å². The Kier molecular flexibility index (Phi) is 4.06. The monoisotopic (exact) mass is 271 g/mol. The number of pyridine rings is 1. The third-order valence-corrected chi connectivity index (χ3v) is 2.70. The van der Waals surface area contributed by atoms with Crippen molar-refractivity contribution in [3.63, 3.8) is 0 Å². The number of H-pyrrole nitrogens is 1. The van der Waals surface area contributed by atoms with Crippen molar-refractivity contribution < 1.29 is 9.84 Å². The maximum absolute atomic E-state index is 9.66. The Hall–Kier alpha value is -2.32. The van der Waals surface area contributed by atoms with E-state index in [4.69, 9.17) is 11.3 Å². The van der Waals surface area contributed by atoms with Crippen molar-refractivity contribution in [2.75, 3.05) is 6.61 Å². The van der Waals surface area contributed by atoms with Crippen LogP contribution in [0.3, 0.4) is 0 Å². The standard InChI is InChI=1S/C15H17N3O2/c1-15(2,19)10-20-12-7-13-11(5-4-6-16-3)8-17-14(13)18-9-12/h4,6-9,19H,5,10H2,1-2H3,(H,17,18)/b6-4-. The van der Waals surface area contributed by atoms with Gasteiger partial charge in [0.05, 0.1) is 18.4 Å². The summed E-state index contributed by atoms with van der Waals surface area (Å²) in [5.41, 5.74) is 0.960. The van der Waals surface area contributed by atoms with Gasteiger partial charge in [-0.25, -0.2) is 9.83 Å². The summed E-state index contributed by atoms with van der Waals surface area (Å²) in [5.74, 6) is 0.620. The van der Waals surface area contributed by atoms with Crippen LogP contribution < -0.4 is 4.74 Å². The molecular formula is C15H17N3O2. The molecule has 2 rings (SSSR count). The number of fused-ring (bicyclic) bond motifs is 1. The topological polar surface area (TPSA) is 62.5 Å². The van der Waals surface area contributed by atoms with Crippen LogP contribution >= 0.6 is 0 Å². The first-order valence-electron chi connectivity index (χ1n) is 6.32. The zero-order valence-corrected chi connectivity index (χ0v) is 11.6. The molecule has 2 aromatic rings. The summed E-state index contributed by atoms with van der Waals surface area (Å²) in [5, 5.41) is 10.6. The molecule has 0 aliphatic heterocycles. The molecule has 0 unspecified atom stereocenters. The van der Waals surface area contributed by atoms with Crippen molar-refractivity contribution in [3.05, 3.63) is 47.7 Å². The largest absolute Gasteiger partial charge is 0.489 e. The van der Waals surface area contributed by atoms with Crippen molar-refractivity contribution in [3.8, 4) is 5.75 Å². The van der Waals surface area contributed by atoms with Crippen LogP contribution in [0.2, 0.25) is 0 Å². The lowest BCUT2D eigenvalue weighted by Gasteiger charge is -2.17. The second-order valence-electron chi connectivity index (χ2n) is 5.20. The third kappa shape index (κ3) is 3.59. The lowest BCUT2D eigenvalue weighted by molar-refractivity contribution is 0.0284. The number of aromatic nitrogens is 2. The molecule has 5 nitrogen and oxygen atoms in total. The first kappa shape index (κ1) is 14.1. The molecule has 2 aromatic heterocycles. The quantitative estimate of drug-likeness (QED) is 0.822. The predicted molar refractivity (Wildman–Crippen MR) is 77.3 cm³/mol. The summed E-state index contributed by atoms with van der Waals surface area (Å²) in [6, 6.07) is 1.89. The summed E-state index contributed by atoms with van der Waals surface area (Å²) in [4.78, 5) is 10.6. The van der Waals surface area contributed by atoms with Crippen LogP contribution in [0.4, 0.5) is 0 Å². The Morgan fingerprint density at radius 3 is 3.05 bits per heavy atom. The van der Waals surface area contributed by atoms with E-state index in [0.29, 0.717) is 12.2 Å². The Balaban J connectivity index is 2.21. The summed E-state index contributed by atoms with van der Waals surface area (Å²) >= 11 is 0. The van der Waals surface area contributed by atoms with E-state index >= 15 is 0 Å². The van der Waals surface area contributed by atoms with Crippen molar-refractivity contribution in [2.24, 2.45) is 0 Å². The van der Waals surface area contributed by atoms with Crippen LogP contribution in [-0.4, -0.2) is 27.3 Å². The molecule has 0 aliphatic rings. The molecule has 0 spiro atoms. The van der Waals surface area contributed by atoms with Crippen molar-refractivity contribution in [1.82, 2.24) is 9.97 Å². The average Bonchev–Trinajstić information content (AvgIpc) is 2.79. The van der Waals surface area contributed by atoms with Crippen molar-refractivity contribution in [2.45, 2.75) is 25.9 Å². The Morgan fingerprint density at radius 2 is 2.35 bits per heavy atom. The van der Waals surface area contributed by atoms with Gasteiger partial charge in [0, 0.05) is 11.6 Å². The average molecular weight is 271 g/mol. The van der Waals surface area contributed by atoms with Crippen LogP contribution in [0.15, 0.2) is 30.7 Å². The van der Waals surface area contributed by atoms with Gasteiger partial charge in [-0.1, -0.05) is 6.08 Å². The number of hydrogen-bond acceptors (Lipinski definition) is 3. The maximum atomic E-state index is 9.66. The van der Waals surface area contributed by atoms with E-state index in [2.05, 4.69) is 14.8 Å². The highest BCUT2D eigenvalue weighted by molar-refractivity contribution is 5.81. The van der Waals surface area contributed by atoms with Gasteiger partial charge < -0.3 is 14.8 Å². The summed E-state index contributed by atoms with van der Waals surface area (Å²) in [7, 11) is 0. The molecule has 2 heterocycles. The maximum Gasteiger partial charge on any atom is 0.150 e. The van der Waals surface area contributed by atoms with E-state index in [1.165, 1.54) is 6.20 Å². The third-order valence-electron chi connectivity index (χ3n) is 2.70. The van der Waals surface area contributed by atoms with E-state index in [1.807, 2.05) is 12.3 Å². The molecule has 5 heteroatoms. The molecule has 0 saturated carbocycles. The lowest BCUT2D eigenvalue weighted by atomic mass is 10.1. The molecule has 0 saturated heterocycles. The Labute approximate surface area is 117 Å². The minimum Gasteiger partial charge on any atom is -0.489 e. The first-order chi connectivity index (χ1) is 9.49. The predicted octanol–water partition coefficient (Wildman–Crippen LogP) is 2.69. The molecule has 0 aromatic carbocycles. The minimum atomic E-state index is -0.881. The van der Waals surface area contributed by atoms with E-state index in [9.17, 15) is 5.11 Å². The van der Waals surface area contributed by atoms with Crippen LogP contribution in [0.1, 0.15) is 19.4 Å². The van der Waals surface area contributed by atoms with Gasteiger partial charge in [-0.15, -0.1) is 0 Å². The fourth-order valence-electron chi connectivity index (χ4n) is 1.78. The van der Waals surface area contributed by atoms with Gasteiger partial charge >= 0.3 is 0 Å². The molecule has 20 heavy (non-hydrogen) atoms. The number of allylic oxidation sites excluding steroid dienone is 1. The Bertz CT molecular complexity index is 660. The van der Waals surface area contributed by atoms with Gasteiger partial charge in [0.1, 0.15) is 18.0 Å². The molecule has 0 amide bonds. The first-order valence-corrected chi connectivity index (χ1v) is 6.32. The molecule has 0 bridgehead atoms. The molecule has 104 valence electrons. The van der Waals surface area contributed by atoms with Crippen LogP contribution in [0, 0.1) is 6.57 Å². The van der Waals surface area contributed by atoms with Gasteiger partial charge in [0.25, 0.3) is 0 Å². The number of nitrogens with zero attached hydrogens (tertiary/aromatic N) is 2. The lowest BCUT2D eigenvalue weighted by Crippen LogP contribution is -2.27. The van der Waals surface area contributed by atoms with Gasteiger partial charge in [0.15, 0.2) is 6.20 Å². The fraction of sp³-hybridized carbons (Fsp3) is 0.333. The Morgan fingerprint density at radius 1 is 1.55 bits per heavy atom. The summed E-state index contributed by atoms with van der Waals surface area (Å²) in [6.45, 7) is 10.3. The highest BCUT2D eigenvalue weighted by Crippen LogP contribution is 2.22. The molecule has 0 atom stereocenters. The van der Waals surface area contributed by atoms with Gasteiger partial charge in [-0.2, -0.15) is 0 Å². The van der Waals surface area contributed by atoms with Gasteiger partial charge in [0.2, 0.25) is 0 Å².